The van der Waals surface area contributed by atoms with Crippen molar-refractivity contribution in [1.82, 2.24) is 0 Å². The second-order valence-electron chi connectivity index (χ2n) is 6.93. The molecule has 0 heterocycles. The van der Waals surface area contributed by atoms with E-state index in [2.05, 4.69) is 27.7 Å². The van der Waals surface area contributed by atoms with E-state index in [0.29, 0.717) is 24.7 Å². The van der Waals surface area contributed by atoms with Crippen LogP contribution in [0.1, 0.15) is 63.4 Å². The number of benzene rings is 1. The smallest absolute Gasteiger partial charge is 0.166 e. The van der Waals surface area contributed by atoms with E-state index in [9.17, 15) is 4.79 Å². The van der Waals surface area contributed by atoms with Gasteiger partial charge in [-0.15, -0.1) is 0 Å². The minimum absolute atomic E-state index is 0.189. The number of ketones is 1. The largest absolute Gasteiger partial charge is 0.493 e. The van der Waals surface area contributed by atoms with E-state index in [1.807, 2.05) is 32.0 Å². The first-order valence-electron chi connectivity index (χ1n) is 7.49. The zero-order valence-corrected chi connectivity index (χ0v) is 13.7. The second kappa shape index (κ2) is 6.92. The molecule has 1 rings (SSSR count). The number of rotatable bonds is 6. The van der Waals surface area contributed by atoms with Crippen LogP contribution in [-0.4, -0.2) is 12.4 Å². The molecule has 2 nitrogen and oxygen atoms in total. The maximum Gasteiger partial charge on any atom is 0.166 e. The summed E-state index contributed by atoms with van der Waals surface area (Å²) >= 11 is 0. The summed E-state index contributed by atoms with van der Waals surface area (Å²) in [6, 6.07) is 5.83. The van der Waals surface area contributed by atoms with Gasteiger partial charge < -0.3 is 4.74 Å². The van der Waals surface area contributed by atoms with Crippen LogP contribution in [0.25, 0.3) is 0 Å². The summed E-state index contributed by atoms with van der Waals surface area (Å²) in [7, 11) is 0. The van der Waals surface area contributed by atoms with Crippen LogP contribution in [-0.2, 0) is 0 Å². The first-order chi connectivity index (χ1) is 9.23. The molecule has 112 valence electrons. The van der Waals surface area contributed by atoms with Crippen LogP contribution in [0.5, 0.6) is 5.75 Å². The highest BCUT2D eigenvalue weighted by atomic mass is 16.5. The highest BCUT2D eigenvalue weighted by Crippen LogP contribution is 2.29. The summed E-state index contributed by atoms with van der Waals surface area (Å²) < 4.78 is 5.57. The monoisotopic (exact) mass is 276 g/mol. The normalized spacial score (nSPS) is 13.1. The molecule has 0 aliphatic heterocycles. The van der Waals surface area contributed by atoms with Crippen molar-refractivity contribution in [3.05, 3.63) is 29.3 Å². The summed E-state index contributed by atoms with van der Waals surface area (Å²) in [6.07, 6.45) is 1.63. The topological polar surface area (TPSA) is 26.3 Å². The Kier molecular flexibility index (Phi) is 5.79. The molecule has 1 aromatic rings. The molecule has 0 aliphatic rings. The predicted molar refractivity (Wildman–Crippen MR) is 84.5 cm³/mol. The summed E-state index contributed by atoms with van der Waals surface area (Å²) in [6.45, 7) is 13.3. The lowest BCUT2D eigenvalue weighted by molar-refractivity contribution is 0.0950. The van der Waals surface area contributed by atoms with Gasteiger partial charge in [-0.25, -0.2) is 0 Å². The number of aryl methyl sites for hydroxylation is 1. The summed E-state index contributed by atoms with van der Waals surface area (Å²) in [5.41, 5.74) is 2.09. The van der Waals surface area contributed by atoms with Crippen LogP contribution in [0, 0.1) is 18.3 Å². The first-order valence-corrected chi connectivity index (χ1v) is 7.49. The highest BCUT2D eigenvalue weighted by molar-refractivity contribution is 5.99. The highest BCUT2D eigenvalue weighted by Gasteiger charge is 2.20. The first kappa shape index (κ1) is 16.7. The Morgan fingerprint density at radius 3 is 2.50 bits per heavy atom. The Hall–Kier alpha value is -1.31. The van der Waals surface area contributed by atoms with Crippen LogP contribution >= 0.6 is 0 Å². The van der Waals surface area contributed by atoms with Crippen LogP contribution in [0.4, 0.5) is 0 Å². The fourth-order valence-corrected chi connectivity index (χ4v) is 2.69. The minimum atomic E-state index is 0.189. The van der Waals surface area contributed by atoms with Gasteiger partial charge in [-0.05, 0) is 43.7 Å². The predicted octanol–water partition coefficient (Wildman–Crippen LogP) is 5.04. The number of hydrogen-bond donors (Lipinski definition) is 0. The maximum atomic E-state index is 12.5. The quantitative estimate of drug-likeness (QED) is 0.680. The molecule has 0 N–H and O–H groups in total. The van der Waals surface area contributed by atoms with Crippen molar-refractivity contribution in [3.63, 3.8) is 0 Å². The van der Waals surface area contributed by atoms with Crippen molar-refractivity contribution >= 4 is 5.78 Å². The van der Waals surface area contributed by atoms with Gasteiger partial charge in [0.15, 0.2) is 5.78 Å². The molecular weight excluding hydrogens is 248 g/mol. The number of Topliss-reactive ketones (excluding diaryl/α,β-unsaturated/α-hetero) is 1. The zero-order chi connectivity index (χ0) is 15.3. The standard InChI is InChI=1S/C18H28O2/c1-7-20-17-9-8-13(2)10-15(17)16(19)11-14(3)12-18(4,5)6/h8-10,14H,7,11-12H2,1-6H3. The Labute approximate surface area is 123 Å². The Morgan fingerprint density at radius 2 is 1.95 bits per heavy atom. The third-order valence-corrected chi connectivity index (χ3v) is 3.23. The van der Waals surface area contributed by atoms with Crippen molar-refractivity contribution in [1.29, 1.82) is 0 Å². The van der Waals surface area contributed by atoms with Gasteiger partial charge in [0.2, 0.25) is 0 Å². The molecule has 1 unspecified atom stereocenters. The van der Waals surface area contributed by atoms with Gasteiger partial charge in [-0.1, -0.05) is 39.3 Å². The van der Waals surface area contributed by atoms with Crippen molar-refractivity contribution in [2.75, 3.05) is 6.61 Å². The number of carbonyl (C=O) groups is 1. The van der Waals surface area contributed by atoms with Crippen molar-refractivity contribution in [2.24, 2.45) is 11.3 Å². The molecule has 0 saturated carbocycles. The van der Waals surface area contributed by atoms with E-state index in [4.69, 9.17) is 4.74 Å². The molecular formula is C18H28O2. The van der Waals surface area contributed by atoms with E-state index in [1.54, 1.807) is 0 Å². The molecule has 1 atom stereocenters. The third-order valence-electron chi connectivity index (χ3n) is 3.23. The molecule has 0 aromatic heterocycles. The molecule has 20 heavy (non-hydrogen) atoms. The maximum absolute atomic E-state index is 12.5. The van der Waals surface area contributed by atoms with Gasteiger partial charge in [0.25, 0.3) is 0 Å². The van der Waals surface area contributed by atoms with E-state index >= 15 is 0 Å². The summed E-state index contributed by atoms with van der Waals surface area (Å²) in [4.78, 5) is 12.5. The van der Waals surface area contributed by atoms with Gasteiger partial charge in [0.05, 0.1) is 12.2 Å². The molecule has 0 aliphatic carbocycles. The fraction of sp³-hybridized carbons (Fsp3) is 0.611. The summed E-state index contributed by atoms with van der Waals surface area (Å²) in [5.74, 6) is 1.29. The zero-order valence-electron chi connectivity index (χ0n) is 13.7. The Bertz CT molecular complexity index is 455. The average molecular weight is 276 g/mol. The number of carbonyl (C=O) groups excluding carboxylic acids is 1. The summed E-state index contributed by atoms with van der Waals surface area (Å²) in [5, 5.41) is 0. The molecule has 2 heteroatoms. The van der Waals surface area contributed by atoms with Crippen LogP contribution in [0.2, 0.25) is 0 Å². The SMILES string of the molecule is CCOc1ccc(C)cc1C(=O)CC(C)CC(C)(C)C. The van der Waals surface area contributed by atoms with Gasteiger partial charge in [0, 0.05) is 6.42 Å². The molecule has 0 bridgehead atoms. The Morgan fingerprint density at radius 1 is 1.30 bits per heavy atom. The van der Waals surface area contributed by atoms with E-state index in [0.717, 1.165) is 17.5 Å². The minimum Gasteiger partial charge on any atom is -0.493 e. The fourth-order valence-electron chi connectivity index (χ4n) is 2.69. The molecule has 0 radical (unpaired) electrons. The van der Waals surface area contributed by atoms with Crippen molar-refractivity contribution < 1.29 is 9.53 Å². The van der Waals surface area contributed by atoms with Gasteiger partial charge >= 0.3 is 0 Å². The van der Waals surface area contributed by atoms with Crippen molar-refractivity contribution in [2.45, 2.75) is 54.4 Å². The average Bonchev–Trinajstić information content (AvgIpc) is 2.29. The molecule has 0 spiro atoms. The van der Waals surface area contributed by atoms with E-state index in [-0.39, 0.29) is 11.2 Å². The number of ether oxygens (including phenoxy) is 1. The number of hydrogen-bond acceptors (Lipinski definition) is 2. The Balaban J connectivity index is 2.83. The van der Waals surface area contributed by atoms with Crippen LogP contribution < -0.4 is 4.74 Å². The van der Waals surface area contributed by atoms with E-state index < -0.39 is 0 Å². The molecule has 0 amide bonds. The molecule has 1 aromatic carbocycles. The van der Waals surface area contributed by atoms with Gasteiger partial charge in [0.1, 0.15) is 5.75 Å². The van der Waals surface area contributed by atoms with Crippen LogP contribution in [0.3, 0.4) is 0 Å². The third kappa shape index (κ3) is 5.36. The van der Waals surface area contributed by atoms with Gasteiger partial charge in [-0.2, -0.15) is 0 Å². The van der Waals surface area contributed by atoms with Crippen molar-refractivity contribution in [3.8, 4) is 5.75 Å². The molecule has 0 saturated heterocycles. The molecule has 0 fully saturated rings. The lowest BCUT2D eigenvalue weighted by Gasteiger charge is -2.23. The lowest BCUT2D eigenvalue weighted by Crippen LogP contribution is -2.15. The van der Waals surface area contributed by atoms with Crippen LogP contribution in [0.15, 0.2) is 18.2 Å². The van der Waals surface area contributed by atoms with E-state index in [1.165, 1.54) is 0 Å². The lowest BCUT2D eigenvalue weighted by atomic mass is 9.83. The second-order valence-corrected chi connectivity index (χ2v) is 6.93. The van der Waals surface area contributed by atoms with Gasteiger partial charge in [-0.3, -0.25) is 4.79 Å².